The van der Waals surface area contributed by atoms with Crippen LogP contribution in [0.3, 0.4) is 0 Å². The fourth-order valence-electron chi connectivity index (χ4n) is 3.22. The van der Waals surface area contributed by atoms with Gasteiger partial charge in [-0.25, -0.2) is 4.68 Å². The summed E-state index contributed by atoms with van der Waals surface area (Å²) in [6.45, 7) is 0.778. The molecule has 1 aliphatic carbocycles. The fourth-order valence-corrected chi connectivity index (χ4v) is 3.22. The van der Waals surface area contributed by atoms with Crippen LogP contribution in [0.2, 0.25) is 0 Å². The molecule has 0 aliphatic heterocycles. The summed E-state index contributed by atoms with van der Waals surface area (Å²) in [6.07, 6.45) is 2.61. The van der Waals surface area contributed by atoms with E-state index in [1.54, 1.807) is 6.07 Å². The minimum atomic E-state index is -0.129. The van der Waals surface area contributed by atoms with E-state index < -0.39 is 0 Å². The SMILES string of the molecule is O=C(Cc1ccc(-c2ccccc2)cc1)NCCn1nc(C2CC2)ccc1=O. The minimum Gasteiger partial charge on any atom is -0.354 e. The van der Waals surface area contributed by atoms with Crippen molar-refractivity contribution >= 4 is 5.91 Å². The van der Waals surface area contributed by atoms with Crippen molar-refractivity contribution in [1.82, 2.24) is 15.1 Å². The van der Waals surface area contributed by atoms with Crippen molar-refractivity contribution in [3.63, 3.8) is 0 Å². The minimum absolute atomic E-state index is 0.0566. The lowest BCUT2D eigenvalue weighted by Gasteiger charge is -2.09. The molecular formula is C23H23N3O2. The van der Waals surface area contributed by atoms with Crippen molar-refractivity contribution in [1.29, 1.82) is 0 Å². The topological polar surface area (TPSA) is 64.0 Å². The quantitative estimate of drug-likeness (QED) is 0.692. The molecule has 5 heteroatoms. The van der Waals surface area contributed by atoms with E-state index in [1.165, 1.54) is 4.68 Å². The molecule has 142 valence electrons. The normalized spacial score (nSPS) is 13.3. The Morgan fingerprint density at radius 3 is 2.39 bits per heavy atom. The molecule has 1 aromatic heterocycles. The number of nitrogens with zero attached hydrogens (tertiary/aromatic N) is 2. The predicted octanol–water partition coefficient (Wildman–Crippen LogP) is 3.15. The van der Waals surface area contributed by atoms with E-state index in [2.05, 4.69) is 22.5 Å². The van der Waals surface area contributed by atoms with Crippen LogP contribution in [-0.2, 0) is 17.8 Å². The van der Waals surface area contributed by atoms with Gasteiger partial charge in [0.2, 0.25) is 5.91 Å². The number of hydrogen-bond acceptors (Lipinski definition) is 3. The van der Waals surface area contributed by atoms with Crippen LogP contribution >= 0.6 is 0 Å². The summed E-state index contributed by atoms with van der Waals surface area (Å²) in [5, 5.41) is 7.29. The van der Waals surface area contributed by atoms with Crippen LogP contribution in [0.5, 0.6) is 0 Å². The van der Waals surface area contributed by atoms with Crippen molar-refractivity contribution in [3.05, 3.63) is 88.3 Å². The summed E-state index contributed by atoms with van der Waals surface area (Å²) in [7, 11) is 0. The van der Waals surface area contributed by atoms with E-state index in [9.17, 15) is 9.59 Å². The van der Waals surface area contributed by atoms with Crippen molar-refractivity contribution in [3.8, 4) is 11.1 Å². The molecule has 0 radical (unpaired) electrons. The number of carbonyl (C=O) groups is 1. The van der Waals surface area contributed by atoms with E-state index in [-0.39, 0.29) is 11.5 Å². The first-order chi connectivity index (χ1) is 13.7. The number of amides is 1. The van der Waals surface area contributed by atoms with Crippen LogP contribution in [0.1, 0.15) is 30.0 Å². The maximum atomic E-state index is 12.2. The monoisotopic (exact) mass is 373 g/mol. The average molecular weight is 373 g/mol. The second-order valence-corrected chi connectivity index (χ2v) is 7.18. The van der Waals surface area contributed by atoms with Gasteiger partial charge in [-0.3, -0.25) is 9.59 Å². The summed E-state index contributed by atoms with van der Waals surface area (Å²) in [5.41, 5.74) is 4.10. The third-order valence-electron chi connectivity index (χ3n) is 4.95. The van der Waals surface area contributed by atoms with Gasteiger partial charge in [-0.05, 0) is 35.6 Å². The van der Waals surface area contributed by atoms with Crippen LogP contribution in [0.4, 0.5) is 0 Å². The molecule has 28 heavy (non-hydrogen) atoms. The van der Waals surface area contributed by atoms with Gasteiger partial charge in [0.25, 0.3) is 5.56 Å². The molecule has 1 heterocycles. The Balaban J connectivity index is 1.29. The van der Waals surface area contributed by atoms with Gasteiger partial charge in [0.1, 0.15) is 0 Å². The molecule has 1 amide bonds. The number of rotatable bonds is 7. The predicted molar refractivity (Wildman–Crippen MR) is 109 cm³/mol. The second kappa shape index (κ2) is 8.21. The van der Waals surface area contributed by atoms with E-state index in [4.69, 9.17) is 0 Å². The van der Waals surface area contributed by atoms with E-state index in [1.807, 2.05) is 48.5 Å². The Kier molecular flexibility index (Phi) is 5.33. The average Bonchev–Trinajstić information content (AvgIpc) is 3.56. The lowest BCUT2D eigenvalue weighted by atomic mass is 10.0. The lowest BCUT2D eigenvalue weighted by Crippen LogP contribution is -2.32. The zero-order valence-electron chi connectivity index (χ0n) is 15.7. The highest BCUT2D eigenvalue weighted by Crippen LogP contribution is 2.38. The third-order valence-corrected chi connectivity index (χ3v) is 4.95. The Morgan fingerprint density at radius 2 is 1.68 bits per heavy atom. The Bertz CT molecular complexity index is 1010. The molecule has 0 spiro atoms. The maximum absolute atomic E-state index is 12.2. The van der Waals surface area contributed by atoms with Gasteiger partial charge in [0, 0.05) is 18.5 Å². The molecule has 1 saturated carbocycles. The van der Waals surface area contributed by atoms with E-state index in [0.29, 0.717) is 25.4 Å². The molecule has 5 nitrogen and oxygen atoms in total. The summed E-state index contributed by atoms with van der Waals surface area (Å²) in [5.74, 6) is 0.444. The van der Waals surface area contributed by atoms with Crippen molar-refractivity contribution < 1.29 is 4.79 Å². The van der Waals surface area contributed by atoms with Gasteiger partial charge < -0.3 is 5.32 Å². The zero-order valence-corrected chi connectivity index (χ0v) is 15.7. The summed E-state index contributed by atoms with van der Waals surface area (Å²) in [6, 6.07) is 21.6. The standard InChI is InChI=1S/C23H23N3O2/c27-22(16-17-6-8-19(9-7-17)18-4-2-1-3-5-18)24-14-15-26-23(28)13-12-21(25-26)20-10-11-20/h1-9,12-13,20H,10-11,14-16H2,(H,24,27). The van der Waals surface area contributed by atoms with Gasteiger partial charge in [-0.1, -0.05) is 54.6 Å². The molecule has 2 aromatic carbocycles. The third kappa shape index (κ3) is 4.55. The number of benzene rings is 2. The van der Waals surface area contributed by atoms with Gasteiger partial charge in [0.15, 0.2) is 0 Å². The molecule has 4 rings (SSSR count). The van der Waals surface area contributed by atoms with Gasteiger partial charge in [-0.2, -0.15) is 5.10 Å². The van der Waals surface area contributed by atoms with Crippen LogP contribution in [-0.4, -0.2) is 22.2 Å². The van der Waals surface area contributed by atoms with Crippen LogP contribution in [0.15, 0.2) is 71.5 Å². The van der Waals surface area contributed by atoms with Crippen molar-refractivity contribution in [2.24, 2.45) is 0 Å². The van der Waals surface area contributed by atoms with Crippen molar-refractivity contribution in [2.45, 2.75) is 31.7 Å². The Hall–Kier alpha value is -3.21. The first-order valence-corrected chi connectivity index (χ1v) is 9.68. The largest absolute Gasteiger partial charge is 0.354 e. The second-order valence-electron chi connectivity index (χ2n) is 7.18. The summed E-state index contributed by atoms with van der Waals surface area (Å²) >= 11 is 0. The smallest absolute Gasteiger partial charge is 0.266 e. The highest BCUT2D eigenvalue weighted by Gasteiger charge is 2.25. The summed E-state index contributed by atoms with van der Waals surface area (Å²) in [4.78, 5) is 24.1. The van der Waals surface area contributed by atoms with Crippen LogP contribution < -0.4 is 10.9 Å². The highest BCUT2D eigenvalue weighted by atomic mass is 16.1. The highest BCUT2D eigenvalue weighted by molar-refractivity contribution is 5.78. The fraction of sp³-hybridized carbons (Fsp3) is 0.261. The van der Waals surface area contributed by atoms with Crippen LogP contribution in [0, 0.1) is 0 Å². The van der Waals surface area contributed by atoms with Crippen LogP contribution in [0.25, 0.3) is 11.1 Å². The molecular weight excluding hydrogens is 350 g/mol. The van der Waals surface area contributed by atoms with E-state index in [0.717, 1.165) is 35.2 Å². The number of hydrogen-bond donors (Lipinski definition) is 1. The molecule has 0 bridgehead atoms. The molecule has 1 fully saturated rings. The molecule has 0 atom stereocenters. The Labute approximate surface area is 164 Å². The zero-order chi connectivity index (χ0) is 19.3. The molecule has 0 saturated heterocycles. The molecule has 0 unspecified atom stereocenters. The first kappa shape index (κ1) is 18.2. The molecule has 3 aromatic rings. The first-order valence-electron chi connectivity index (χ1n) is 9.68. The van der Waals surface area contributed by atoms with Gasteiger partial charge in [0.05, 0.1) is 18.7 Å². The van der Waals surface area contributed by atoms with Crippen molar-refractivity contribution in [2.75, 3.05) is 6.54 Å². The van der Waals surface area contributed by atoms with Gasteiger partial charge in [-0.15, -0.1) is 0 Å². The maximum Gasteiger partial charge on any atom is 0.266 e. The number of carbonyl (C=O) groups excluding carboxylic acids is 1. The Morgan fingerprint density at radius 1 is 0.964 bits per heavy atom. The lowest BCUT2D eigenvalue weighted by molar-refractivity contribution is -0.120. The van der Waals surface area contributed by atoms with E-state index >= 15 is 0 Å². The number of aromatic nitrogens is 2. The molecule has 1 N–H and O–H groups in total. The molecule has 1 aliphatic rings. The number of nitrogens with one attached hydrogen (secondary N) is 1. The van der Waals surface area contributed by atoms with Gasteiger partial charge >= 0.3 is 0 Å². The summed E-state index contributed by atoms with van der Waals surface area (Å²) < 4.78 is 1.45.